The van der Waals surface area contributed by atoms with Crippen LogP contribution in [-0.2, 0) is 22.7 Å². The van der Waals surface area contributed by atoms with Crippen molar-refractivity contribution in [3.8, 4) is 0 Å². The molecule has 0 fully saturated rings. The maximum Gasteiger partial charge on any atom is 0.251 e. The molecule has 1 atom stereocenters. The van der Waals surface area contributed by atoms with Gasteiger partial charge in [0.2, 0.25) is 5.91 Å². The van der Waals surface area contributed by atoms with E-state index in [2.05, 4.69) is 26.2 Å². The van der Waals surface area contributed by atoms with Gasteiger partial charge in [-0.15, -0.1) is 5.10 Å². The molecule has 0 saturated carbocycles. The summed E-state index contributed by atoms with van der Waals surface area (Å²) >= 11 is 0. The molecule has 0 bridgehead atoms. The third kappa shape index (κ3) is 4.59. The van der Waals surface area contributed by atoms with Crippen LogP contribution in [-0.4, -0.2) is 52.2 Å². The lowest BCUT2D eigenvalue weighted by Gasteiger charge is -2.17. The van der Waals surface area contributed by atoms with Crippen LogP contribution in [0.15, 0.2) is 30.3 Å². The number of benzene rings is 1. The van der Waals surface area contributed by atoms with Crippen LogP contribution in [0, 0.1) is 0 Å². The Kier molecular flexibility index (Phi) is 6.38. The Morgan fingerprint density at radius 2 is 2.04 bits per heavy atom. The van der Waals surface area contributed by atoms with Crippen molar-refractivity contribution >= 4 is 11.8 Å². The molecule has 0 radical (unpaired) electrons. The topological polar surface area (TPSA) is 111 Å². The molecule has 0 saturated heterocycles. The lowest BCUT2D eigenvalue weighted by Crippen LogP contribution is -2.46. The summed E-state index contributed by atoms with van der Waals surface area (Å²) in [5.74, 6) is 0.00504. The number of tetrazole rings is 1. The summed E-state index contributed by atoms with van der Waals surface area (Å²) in [4.78, 5) is 24.3. The monoisotopic (exact) mass is 332 g/mol. The zero-order valence-corrected chi connectivity index (χ0v) is 13.6. The molecule has 2 N–H and O–H groups in total. The second-order valence-corrected chi connectivity index (χ2v) is 5.06. The van der Waals surface area contributed by atoms with Gasteiger partial charge in [-0.2, -0.15) is 0 Å². The van der Waals surface area contributed by atoms with Crippen molar-refractivity contribution in [2.75, 3.05) is 14.2 Å². The normalized spacial score (nSPS) is 11.8. The van der Waals surface area contributed by atoms with E-state index >= 15 is 0 Å². The largest absolute Gasteiger partial charge is 0.362 e. The first-order valence-electron chi connectivity index (χ1n) is 7.47. The van der Waals surface area contributed by atoms with E-state index < -0.39 is 6.04 Å². The predicted molar refractivity (Wildman–Crippen MR) is 84.9 cm³/mol. The van der Waals surface area contributed by atoms with Crippen molar-refractivity contribution in [2.24, 2.45) is 0 Å². The number of carbonyl (C=O) groups is 2. The quantitative estimate of drug-likeness (QED) is 0.690. The Hall–Kier alpha value is -2.81. The third-order valence-corrected chi connectivity index (χ3v) is 3.42. The first-order valence-corrected chi connectivity index (χ1v) is 7.47. The number of hydrogen-bond donors (Lipinski definition) is 2. The molecule has 9 nitrogen and oxygen atoms in total. The fourth-order valence-corrected chi connectivity index (χ4v) is 2.17. The van der Waals surface area contributed by atoms with Crippen molar-refractivity contribution in [2.45, 2.75) is 25.6 Å². The highest BCUT2D eigenvalue weighted by atomic mass is 16.5. The molecule has 2 amide bonds. The Balaban J connectivity index is 2.02. The number of carbonyl (C=O) groups excluding carboxylic acids is 2. The van der Waals surface area contributed by atoms with E-state index in [1.807, 2.05) is 6.07 Å². The molecule has 2 aromatic rings. The van der Waals surface area contributed by atoms with Crippen LogP contribution in [0.1, 0.15) is 22.6 Å². The molecule has 2 rings (SSSR count). The molecule has 1 aromatic carbocycles. The number of aromatic nitrogens is 4. The smallest absolute Gasteiger partial charge is 0.251 e. The van der Waals surface area contributed by atoms with E-state index in [1.165, 1.54) is 11.7 Å². The summed E-state index contributed by atoms with van der Waals surface area (Å²) < 4.78 is 6.50. The number of nitrogens with one attached hydrogen (secondary N) is 2. The van der Waals surface area contributed by atoms with Gasteiger partial charge in [-0.1, -0.05) is 18.2 Å². The summed E-state index contributed by atoms with van der Waals surface area (Å²) in [6.07, 6.45) is 0.784. The van der Waals surface area contributed by atoms with Crippen LogP contribution >= 0.6 is 0 Å². The van der Waals surface area contributed by atoms with E-state index in [-0.39, 0.29) is 18.5 Å². The molecule has 0 aliphatic carbocycles. The average Bonchev–Trinajstić information content (AvgIpc) is 3.06. The van der Waals surface area contributed by atoms with Crippen molar-refractivity contribution in [1.29, 1.82) is 0 Å². The van der Waals surface area contributed by atoms with Gasteiger partial charge in [0.15, 0.2) is 5.82 Å². The molecule has 1 aromatic heterocycles. The van der Waals surface area contributed by atoms with Gasteiger partial charge in [0, 0.05) is 26.1 Å². The van der Waals surface area contributed by atoms with Gasteiger partial charge in [-0.3, -0.25) is 9.59 Å². The summed E-state index contributed by atoms with van der Waals surface area (Å²) in [6, 6.07) is 8.05. The lowest BCUT2D eigenvalue weighted by molar-refractivity contribution is -0.122. The minimum absolute atomic E-state index is 0.226. The van der Waals surface area contributed by atoms with Crippen LogP contribution < -0.4 is 10.6 Å². The molecule has 0 aliphatic rings. The fraction of sp³-hybridized carbons (Fsp3) is 0.400. The number of amides is 2. The molecule has 0 spiro atoms. The highest BCUT2D eigenvalue weighted by Gasteiger charge is 2.21. The zero-order valence-electron chi connectivity index (χ0n) is 13.6. The average molecular weight is 332 g/mol. The van der Waals surface area contributed by atoms with E-state index in [0.29, 0.717) is 24.2 Å². The first-order chi connectivity index (χ1) is 11.7. The zero-order chi connectivity index (χ0) is 17.4. The van der Waals surface area contributed by atoms with Gasteiger partial charge < -0.3 is 15.4 Å². The van der Waals surface area contributed by atoms with Crippen molar-refractivity contribution in [3.05, 3.63) is 41.7 Å². The summed E-state index contributed by atoms with van der Waals surface area (Å²) in [5, 5.41) is 16.6. The van der Waals surface area contributed by atoms with E-state index in [0.717, 1.165) is 0 Å². The van der Waals surface area contributed by atoms with E-state index in [1.54, 1.807) is 31.4 Å². The van der Waals surface area contributed by atoms with Crippen LogP contribution in [0.25, 0.3) is 0 Å². The van der Waals surface area contributed by atoms with Gasteiger partial charge in [0.25, 0.3) is 5.91 Å². The number of aryl methyl sites for hydroxylation is 1. The Bertz CT molecular complexity index is 673. The minimum Gasteiger partial charge on any atom is -0.362 e. The van der Waals surface area contributed by atoms with Crippen molar-refractivity contribution in [3.63, 3.8) is 0 Å². The SMILES string of the molecule is CNC(=O)[C@H](CCc1nnnn1COC)NC(=O)c1ccccc1. The second-order valence-electron chi connectivity index (χ2n) is 5.06. The number of rotatable bonds is 8. The molecule has 128 valence electrons. The minimum atomic E-state index is -0.685. The maximum atomic E-state index is 12.2. The molecular weight excluding hydrogens is 312 g/mol. The lowest BCUT2D eigenvalue weighted by atomic mass is 10.1. The van der Waals surface area contributed by atoms with Crippen LogP contribution in [0.5, 0.6) is 0 Å². The Morgan fingerprint density at radius 3 is 2.71 bits per heavy atom. The number of likely N-dealkylation sites (N-methyl/N-ethyl adjacent to an activating group) is 1. The first kappa shape index (κ1) is 17.5. The molecule has 1 heterocycles. The van der Waals surface area contributed by atoms with Gasteiger partial charge in [0.05, 0.1) is 0 Å². The van der Waals surface area contributed by atoms with Gasteiger partial charge in [-0.05, 0) is 29.0 Å². The molecule has 0 aliphatic heterocycles. The Labute approximate surface area is 139 Å². The standard InChI is InChI=1S/C15H20N6O3/c1-16-15(23)12(17-14(22)11-6-4-3-5-7-11)8-9-13-18-19-20-21(13)10-24-2/h3-7,12H,8-10H2,1-2H3,(H,16,23)(H,17,22)/t12-/m0/s1. The summed E-state index contributed by atoms with van der Waals surface area (Å²) in [5.41, 5.74) is 0.496. The van der Waals surface area contributed by atoms with Crippen LogP contribution in [0.2, 0.25) is 0 Å². The molecule has 24 heavy (non-hydrogen) atoms. The number of ether oxygens (including phenoxy) is 1. The predicted octanol–water partition coefficient (Wildman–Crippen LogP) is -0.246. The van der Waals surface area contributed by atoms with Crippen LogP contribution in [0.4, 0.5) is 0 Å². The number of hydrogen-bond acceptors (Lipinski definition) is 6. The highest BCUT2D eigenvalue weighted by molar-refractivity contribution is 5.97. The van der Waals surface area contributed by atoms with E-state index in [4.69, 9.17) is 4.74 Å². The second kappa shape index (κ2) is 8.73. The van der Waals surface area contributed by atoms with Crippen molar-refractivity contribution < 1.29 is 14.3 Å². The van der Waals surface area contributed by atoms with Gasteiger partial charge in [-0.25, -0.2) is 4.68 Å². The highest BCUT2D eigenvalue weighted by Crippen LogP contribution is 2.05. The summed E-state index contributed by atoms with van der Waals surface area (Å²) in [7, 11) is 3.07. The molecular formula is C15H20N6O3. The maximum absolute atomic E-state index is 12.2. The van der Waals surface area contributed by atoms with E-state index in [9.17, 15) is 9.59 Å². The van der Waals surface area contributed by atoms with Crippen LogP contribution in [0.3, 0.4) is 0 Å². The fourth-order valence-electron chi connectivity index (χ4n) is 2.17. The van der Waals surface area contributed by atoms with Gasteiger partial charge >= 0.3 is 0 Å². The summed E-state index contributed by atoms with van der Waals surface area (Å²) in [6.45, 7) is 0.226. The number of methoxy groups -OCH3 is 1. The molecule has 9 heteroatoms. The van der Waals surface area contributed by atoms with Crippen molar-refractivity contribution in [1.82, 2.24) is 30.8 Å². The third-order valence-electron chi connectivity index (χ3n) is 3.42. The Morgan fingerprint density at radius 1 is 1.29 bits per heavy atom. The molecule has 0 unspecified atom stereocenters. The number of nitrogens with zero attached hydrogens (tertiary/aromatic N) is 4. The van der Waals surface area contributed by atoms with Gasteiger partial charge in [0.1, 0.15) is 12.8 Å².